The average Bonchev–Trinajstić information content (AvgIpc) is 3.28. The third-order valence-electron chi connectivity index (χ3n) is 5.63. The number of aryl methyl sites for hydroxylation is 2. The molecule has 4 rings (SSSR count). The minimum absolute atomic E-state index is 0.181. The molecule has 172 valence electrons. The first-order valence-corrected chi connectivity index (χ1v) is 11.2. The lowest BCUT2D eigenvalue weighted by Gasteiger charge is -2.13. The number of carbonyl (C=O) groups excluding carboxylic acids is 2. The van der Waals surface area contributed by atoms with Gasteiger partial charge in [-0.1, -0.05) is 41.9 Å². The van der Waals surface area contributed by atoms with Crippen molar-refractivity contribution in [2.75, 3.05) is 19.4 Å². The van der Waals surface area contributed by atoms with Crippen molar-refractivity contribution in [3.8, 4) is 16.9 Å². The number of nitrogens with zero attached hydrogens (tertiary/aromatic N) is 3. The van der Waals surface area contributed by atoms with Gasteiger partial charge in [0.15, 0.2) is 0 Å². The number of benzene rings is 3. The van der Waals surface area contributed by atoms with Crippen molar-refractivity contribution in [3.63, 3.8) is 0 Å². The number of carbonyl (C=O) groups is 2. The fraction of sp³-hybridized carbons (Fsp3) is 0.148. The van der Waals surface area contributed by atoms with Gasteiger partial charge in [0, 0.05) is 31.4 Å². The van der Waals surface area contributed by atoms with Crippen LogP contribution in [0.25, 0.3) is 16.9 Å². The van der Waals surface area contributed by atoms with E-state index in [0.717, 1.165) is 22.4 Å². The van der Waals surface area contributed by atoms with Gasteiger partial charge in [-0.25, -0.2) is 4.68 Å². The molecule has 0 spiro atoms. The quantitative estimate of drug-likeness (QED) is 0.401. The summed E-state index contributed by atoms with van der Waals surface area (Å²) in [4.78, 5) is 27.3. The Morgan fingerprint density at radius 1 is 0.941 bits per heavy atom. The largest absolute Gasteiger partial charge is 0.345 e. The van der Waals surface area contributed by atoms with Gasteiger partial charge >= 0.3 is 0 Å². The van der Waals surface area contributed by atoms with Crippen molar-refractivity contribution < 1.29 is 9.59 Å². The van der Waals surface area contributed by atoms with Crippen LogP contribution in [0.15, 0.2) is 72.9 Å². The van der Waals surface area contributed by atoms with Crippen molar-refractivity contribution in [2.24, 2.45) is 0 Å². The van der Waals surface area contributed by atoms with Gasteiger partial charge in [0.1, 0.15) is 5.69 Å². The second kappa shape index (κ2) is 9.53. The van der Waals surface area contributed by atoms with Crippen molar-refractivity contribution in [3.05, 3.63) is 100 Å². The molecule has 0 saturated heterocycles. The predicted octanol–water partition coefficient (Wildman–Crippen LogP) is 5.76. The highest BCUT2D eigenvalue weighted by atomic mass is 35.5. The van der Waals surface area contributed by atoms with E-state index < -0.39 is 0 Å². The third kappa shape index (κ3) is 4.72. The van der Waals surface area contributed by atoms with E-state index in [4.69, 9.17) is 16.7 Å². The van der Waals surface area contributed by atoms with Crippen molar-refractivity contribution in [2.45, 2.75) is 13.8 Å². The maximum absolute atomic E-state index is 13.5. The maximum Gasteiger partial charge on any atom is 0.259 e. The first kappa shape index (κ1) is 23.3. The number of hydrogen-bond acceptors (Lipinski definition) is 3. The summed E-state index contributed by atoms with van der Waals surface area (Å²) < 4.78 is 1.69. The molecule has 0 aliphatic heterocycles. The molecule has 1 aromatic heterocycles. The van der Waals surface area contributed by atoms with Gasteiger partial charge < -0.3 is 10.2 Å². The Labute approximate surface area is 203 Å². The third-order valence-corrected chi connectivity index (χ3v) is 5.96. The number of amides is 2. The summed E-state index contributed by atoms with van der Waals surface area (Å²) in [6, 6.07) is 20.4. The number of halogens is 1. The van der Waals surface area contributed by atoms with E-state index in [0.29, 0.717) is 27.5 Å². The average molecular weight is 473 g/mol. The molecular formula is C27H25ClN4O2. The maximum atomic E-state index is 13.5. The number of aromatic nitrogens is 2. The van der Waals surface area contributed by atoms with Gasteiger partial charge in [-0.05, 0) is 61.4 Å². The highest BCUT2D eigenvalue weighted by Crippen LogP contribution is 2.29. The summed E-state index contributed by atoms with van der Waals surface area (Å²) in [5.41, 5.74) is 5.68. The zero-order valence-electron chi connectivity index (χ0n) is 19.5. The van der Waals surface area contributed by atoms with Crippen LogP contribution in [0, 0.1) is 13.8 Å². The standard InChI is InChI=1S/C27H25ClN4O2/c1-17-10-11-19(14-18(17)2)25-22(16-32(30-25)21-8-6-5-7-9-21)26(33)29-24-15-20(12-13-23(24)28)27(34)31(3)4/h5-16H,1-4H3,(H,29,33). The van der Waals surface area contributed by atoms with E-state index in [-0.39, 0.29) is 11.8 Å². The van der Waals surface area contributed by atoms with Gasteiger partial charge in [0.25, 0.3) is 11.8 Å². The summed E-state index contributed by atoms with van der Waals surface area (Å²) in [6.45, 7) is 4.07. The molecular weight excluding hydrogens is 448 g/mol. The molecule has 7 heteroatoms. The van der Waals surface area contributed by atoms with E-state index in [1.165, 1.54) is 4.90 Å². The zero-order valence-corrected chi connectivity index (χ0v) is 20.2. The van der Waals surface area contributed by atoms with Gasteiger partial charge in [-0.2, -0.15) is 5.10 Å². The van der Waals surface area contributed by atoms with Gasteiger partial charge in [0.2, 0.25) is 0 Å². The molecule has 0 aliphatic carbocycles. The molecule has 0 bridgehead atoms. The Hall–Kier alpha value is -3.90. The van der Waals surface area contributed by atoms with Crippen LogP contribution in [0.1, 0.15) is 31.8 Å². The number of rotatable bonds is 5. The highest BCUT2D eigenvalue weighted by Gasteiger charge is 2.21. The van der Waals surface area contributed by atoms with Crippen LogP contribution < -0.4 is 5.32 Å². The molecule has 3 aromatic carbocycles. The van der Waals surface area contributed by atoms with E-state index in [1.807, 2.05) is 62.4 Å². The second-order valence-corrected chi connectivity index (χ2v) is 8.73. The van der Waals surface area contributed by atoms with Gasteiger partial charge in [-0.3, -0.25) is 9.59 Å². The first-order chi connectivity index (χ1) is 16.2. The minimum Gasteiger partial charge on any atom is -0.345 e. The lowest BCUT2D eigenvalue weighted by Crippen LogP contribution is -2.22. The Balaban J connectivity index is 1.76. The Morgan fingerprint density at radius 3 is 2.35 bits per heavy atom. The van der Waals surface area contributed by atoms with Crippen molar-refractivity contribution in [1.82, 2.24) is 14.7 Å². The molecule has 0 radical (unpaired) electrons. The Kier molecular flexibility index (Phi) is 6.52. The van der Waals surface area contributed by atoms with Crippen LogP contribution in [0.2, 0.25) is 5.02 Å². The van der Waals surface area contributed by atoms with Crippen LogP contribution in [0.4, 0.5) is 5.69 Å². The molecule has 0 fully saturated rings. The lowest BCUT2D eigenvalue weighted by molar-refractivity contribution is 0.0827. The molecule has 1 N–H and O–H groups in total. The molecule has 0 aliphatic rings. The summed E-state index contributed by atoms with van der Waals surface area (Å²) in [5.74, 6) is -0.549. The van der Waals surface area contributed by atoms with E-state index in [9.17, 15) is 9.59 Å². The van der Waals surface area contributed by atoms with Crippen LogP contribution in [-0.2, 0) is 0 Å². The molecule has 2 amide bonds. The normalized spacial score (nSPS) is 10.7. The summed E-state index contributed by atoms with van der Waals surface area (Å²) in [5, 5.41) is 7.94. The number of hydrogen-bond donors (Lipinski definition) is 1. The fourth-order valence-electron chi connectivity index (χ4n) is 3.56. The minimum atomic E-state index is -0.369. The van der Waals surface area contributed by atoms with Crippen molar-refractivity contribution in [1.29, 1.82) is 0 Å². The van der Waals surface area contributed by atoms with Gasteiger partial charge in [-0.15, -0.1) is 0 Å². The molecule has 1 heterocycles. The van der Waals surface area contributed by atoms with E-state index in [2.05, 4.69) is 5.32 Å². The summed E-state index contributed by atoms with van der Waals surface area (Å²) >= 11 is 6.35. The smallest absolute Gasteiger partial charge is 0.259 e. The molecule has 0 unspecified atom stereocenters. The number of para-hydroxylation sites is 1. The lowest BCUT2D eigenvalue weighted by atomic mass is 10.0. The molecule has 4 aromatic rings. The van der Waals surface area contributed by atoms with E-state index in [1.54, 1.807) is 43.2 Å². The fourth-order valence-corrected chi connectivity index (χ4v) is 3.72. The van der Waals surface area contributed by atoms with Crippen molar-refractivity contribution >= 4 is 29.1 Å². The van der Waals surface area contributed by atoms with Gasteiger partial charge in [0.05, 0.1) is 22.0 Å². The number of nitrogens with one attached hydrogen (secondary N) is 1. The summed E-state index contributed by atoms with van der Waals surface area (Å²) in [6.07, 6.45) is 1.71. The number of anilines is 1. The molecule has 0 saturated carbocycles. The first-order valence-electron chi connectivity index (χ1n) is 10.8. The Bertz CT molecular complexity index is 1380. The molecule has 0 atom stereocenters. The van der Waals surface area contributed by atoms with Crippen LogP contribution in [0.3, 0.4) is 0 Å². The predicted molar refractivity (Wildman–Crippen MR) is 136 cm³/mol. The van der Waals surface area contributed by atoms with E-state index >= 15 is 0 Å². The second-order valence-electron chi connectivity index (χ2n) is 8.32. The van der Waals surface area contributed by atoms with Crippen LogP contribution >= 0.6 is 11.6 Å². The zero-order chi connectivity index (χ0) is 24.4. The molecule has 6 nitrogen and oxygen atoms in total. The highest BCUT2D eigenvalue weighted by molar-refractivity contribution is 6.34. The SMILES string of the molecule is Cc1ccc(-c2nn(-c3ccccc3)cc2C(=O)Nc2cc(C(=O)N(C)C)ccc2Cl)cc1C. The molecule has 34 heavy (non-hydrogen) atoms. The monoisotopic (exact) mass is 472 g/mol. The topological polar surface area (TPSA) is 67.2 Å². The van der Waals surface area contributed by atoms with Crippen LogP contribution in [0.5, 0.6) is 0 Å². The Morgan fingerprint density at radius 2 is 1.68 bits per heavy atom. The summed E-state index contributed by atoms with van der Waals surface area (Å²) in [7, 11) is 3.34. The van der Waals surface area contributed by atoms with Crippen LogP contribution in [-0.4, -0.2) is 40.6 Å².